The van der Waals surface area contributed by atoms with E-state index in [0.29, 0.717) is 18.7 Å². The van der Waals surface area contributed by atoms with Gasteiger partial charge in [0.2, 0.25) is 5.91 Å². The SMILES string of the molecule is O=C1C[C@H](c2nc3ccccc3[nH]2)CN1c1cccc(F)c1. The molecule has 1 N–H and O–H groups in total. The first kappa shape index (κ1) is 13.0. The number of para-hydroxylation sites is 2. The number of benzene rings is 2. The summed E-state index contributed by atoms with van der Waals surface area (Å²) in [4.78, 5) is 21.7. The Labute approximate surface area is 126 Å². The quantitative estimate of drug-likeness (QED) is 0.789. The number of imidazole rings is 1. The largest absolute Gasteiger partial charge is 0.342 e. The molecule has 0 aliphatic carbocycles. The molecule has 4 nitrogen and oxygen atoms in total. The van der Waals surface area contributed by atoms with E-state index < -0.39 is 0 Å². The zero-order chi connectivity index (χ0) is 15.1. The Balaban J connectivity index is 1.64. The molecule has 1 amide bonds. The van der Waals surface area contributed by atoms with Crippen LogP contribution in [-0.2, 0) is 4.79 Å². The smallest absolute Gasteiger partial charge is 0.227 e. The summed E-state index contributed by atoms with van der Waals surface area (Å²) < 4.78 is 13.4. The van der Waals surface area contributed by atoms with Crippen LogP contribution in [0, 0.1) is 5.82 Å². The summed E-state index contributed by atoms with van der Waals surface area (Å²) in [5.41, 5.74) is 2.46. The van der Waals surface area contributed by atoms with Crippen molar-refractivity contribution in [3.63, 3.8) is 0 Å². The van der Waals surface area contributed by atoms with Gasteiger partial charge in [0.25, 0.3) is 0 Å². The number of hydrogen-bond acceptors (Lipinski definition) is 2. The second kappa shape index (κ2) is 4.94. The van der Waals surface area contributed by atoms with E-state index in [1.54, 1.807) is 17.0 Å². The third-order valence-electron chi connectivity index (χ3n) is 4.04. The van der Waals surface area contributed by atoms with Gasteiger partial charge in [-0.1, -0.05) is 18.2 Å². The molecule has 2 aromatic carbocycles. The summed E-state index contributed by atoms with van der Waals surface area (Å²) >= 11 is 0. The number of hydrogen-bond donors (Lipinski definition) is 1. The highest BCUT2D eigenvalue weighted by atomic mass is 19.1. The Hall–Kier alpha value is -2.69. The first-order valence-electron chi connectivity index (χ1n) is 7.21. The van der Waals surface area contributed by atoms with E-state index >= 15 is 0 Å². The van der Waals surface area contributed by atoms with E-state index in [-0.39, 0.29) is 17.6 Å². The molecular formula is C17H14FN3O. The highest BCUT2D eigenvalue weighted by molar-refractivity contribution is 5.96. The van der Waals surface area contributed by atoms with Gasteiger partial charge in [-0.2, -0.15) is 0 Å². The standard InChI is InChI=1S/C17H14FN3O/c18-12-4-3-5-13(9-12)21-10-11(8-16(21)22)17-19-14-6-1-2-7-15(14)20-17/h1-7,9,11H,8,10H2,(H,19,20)/t11-/m0/s1. The van der Waals surface area contributed by atoms with Gasteiger partial charge in [0.05, 0.1) is 11.0 Å². The number of carbonyl (C=O) groups excluding carboxylic acids is 1. The monoisotopic (exact) mass is 295 g/mol. The Morgan fingerprint density at radius 3 is 2.86 bits per heavy atom. The maximum Gasteiger partial charge on any atom is 0.227 e. The number of nitrogens with zero attached hydrogens (tertiary/aromatic N) is 2. The number of aromatic nitrogens is 2. The van der Waals surface area contributed by atoms with Crippen LogP contribution in [0.1, 0.15) is 18.2 Å². The highest BCUT2D eigenvalue weighted by Crippen LogP contribution is 2.31. The molecule has 0 radical (unpaired) electrons. The molecule has 5 heteroatoms. The van der Waals surface area contributed by atoms with Crippen LogP contribution >= 0.6 is 0 Å². The molecule has 2 heterocycles. The van der Waals surface area contributed by atoms with Crippen molar-refractivity contribution >= 4 is 22.6 Å². The third-order valence-corrected chi connectivity index (χ3v) is 4.04. The lowest BCUT2D eigenvalue weighted by Gasteiger charge is -2.16. The van der Waals surface area contributed by atoms with Crippen molar-refractivity contribution < 1.29 is 9.18 Å². The Morgan fingerprint density at radius 2 is 2.05 bits per heavy atom. The van der Waals surface area contributed by atoms with Gasteiger partial charge in [0, 0.05) is 24.6 Å². The minimum absolute atomic E-state index is 0.00293. The fourth-order valence-electron chi connectivity index (χ4n) is 2.95. The second-order valence-corrected chi connectivity index (χ2v) is 5.52. The van der Waals surface area contributed by atoms with Crippen LogP contribution in [0.2, 0.25) is 0 Å². The lowest BCUT2D eigenvalue weighted by atomic mass is 10.1. The number of H-pyrrole nitrogens is 1. The van der Waals surface area contributed by atoms with Gasteiger partial charge in [0.15, 0.2) is 0 Å². The topological polar surface area (TPSA) is 49.0 Å². The number of halogens is 1. The Kier molecular flexibility index (Phi) is 2.92. The van der Waals surface area contributed by atoms with Gasteiger partial charge < -0.3 is 9.88 Å². The fraction of sp³-hybridized carbons (Fsp3) is 0.176. The fourth-order valence-corrected chi connectivity index (χ4v) is 2.95. The van der Waals surface area contributed by atoms with Gasteiger partial charge in [-0.25, -0.2) is 9.37 Å². The molecule has 0 bridgehead atoms. The van der Waals surface area contributed by atoms with Crippen LogP contribution in [0.5, 0.6) is 0 Å². The summed E-state index contributed by atoms with van der Waals surface area (Å²) in [6.07, 6.45) is 0.385. The van der Waals surface area contributed by atoms with Crippen LogP contribution in [0.15, 0.2) is 48.5 Å². The molecule has 1 aliphatic rings. The number of carbonyl (C=O) groups is 1. The van der Waals surface area contributed by atoms with Crippen molar-refractivity contribution in [2.45, 2.75) is 12.3 Å². The van der Waals surface area contributed by atoms with Crippen LogP contribution < -0.4 is 4.90 Å². The van der Waals surface area contributed by atoms with Crippen LogP contribution in [0.3, 0.4) is 0 Å². The zero-order valence-corrected chi connectivity index (χ0v) is 11.8. The molecular weight excluding hydrogens is 281 g/mol. The van der Waals surface area contributed by atoms with Gasteiger partial charge >= 0.3 is 0 Å². The summed E-state index contributed by atoms with van der Waals surface area (Å²) in [6.45, 7) is 0.516. The number of fused-ring (bicyclic) bond motifs is 1. The number of amides is 1. The summed E-state index contributed by atoms with van der Waals surface area (Å²) in [7, 11) is 0. The van der Waals surface area contributed by atoms with Crippen LogP contribution in [-0.4, -0.2) is 22.4 Å². The Morgan fingerprint density at radius 1 is 1.18 bits per heavy atom. The number of rotatable bonds is 2. The molecule has 4 rings (SSSR count). The predicted molar refractivity (Wildman–Crippen MR) is 82.2 cm³/mol. The lowest BCUT2D eigenvalue weighted by Crippen LogP contribution is -2.24. The molecule has 1 aliphatic heterocycles. The molecule has 22 heavy (non-hydrogen) atoms. The molecule has 3 aromatic rings. The maximum atomic E-state index is 13.4. The van der Waals surface area contributed by atoms with Crippen molar-refractivity contribution in [3.05, 3.63) is 60.2 Å². The molecule has 1 atom stereocenters. The minimum atomic E-state index is -0.336. The number of anilines is 1. The normalized spacial score (nSPS) is 18.3. The molecule has 0 unspecified atom stereocenters. The van der Waals surface area contributed by atoms with Crippen molar-refractivity contribution in [2.24, 2.45) is 0 Å². The number of nitrogens with one attached hydrogen (secondary N) is 1. The molecule has 1 fully saturated rings. The summed E-state index contributed by atoms with van der Waals surface area (Å²) in [6, 6.07) is 13.9. The zero-order valence-electron chi connectivity index (χ0n) is 11.8. The average molecular weight is 295 g/mol. The van der Waals surface area contributed by atoms with E-state index in [1.165, 1.54) is 12.1 Å². The van der Waals surface area contributed by atoms with Crippen molar-refractivity contribution in [1.29, 1.82) is 0 Å². The van der Waals surface area contributed by atoms with E-state index in [4.69, 9.17) is 0 Å². The summed E-state index contributed by atoms with van der Waals surface area (Å²) in [5, 5.41) is 0. The molecule has 1 aromatic heterocycles. The van der Waals surface area contributed by atoms with Crippen molar-refractivity contribution in [2.75, 3.05) is 11.4 Å². The van der Waals surface area contributed by atoms with Gasteiger partial charge in [-0.3, -0.25) is 4.79 Å². The van der Waals surface area contributed by atoms with Gasteiger partial charge in [-0.15, -0.1) is 0 Å². The van der Waals surface area contributed by atoms with Crippen LogP contribution in [0.4, 0.5) is 10.1 Å². The third kappa shape index (κ3) is 2.15. The van der Waals surface area contributed by atoms with Gasteiger partial charge in [-0.05, 0) is 30.3 Å². The first-order chi connectivity index (χ1) is 10.7. The number of aromatic amines is 1. The van der Waals surface area contributed by atoms with E-state index in [1.807, 2.05) is 24.3 Å². The average Bonchev–Trinajstić information content (AvgIpc) is 3.10. The Bertz CT molecular complexity index is 825. The second-order valence-electron chi connectivity index (χ2n) is 5.52. The van der Waals surface area contributed by atoms with Crippen LogP contribution in [0.25, 0.3) is 11.0 Å². The van der Waals surface area contributed by atoms with Crippen molar-refractivity contribution in [3.8, 4) is 0 Å². The molecule has 0 spiro atoms. The van der Waals surface area contributed by atoms with E-state index in [9.17, 15) is 9.18 Å². The first-order valence-corrected chi connectivity index (χ1v) is 7.21. The lowest BCUT2D eigenvalue weighted by molar-refractivity contribution is -0.117. The van der Waals surface area contributed by atoms with Crippen molar-refractivity contribution in [1.82, 2.24) is 9.97 Å². The molecule has 1 saturated heterocycles. The summed E-state index contributed by atoms with van der Waals surface area (Å²) in [5.74, 6) is 0.477. The van der Waals surface area contributed by atoms with E-state index in [0.717, 1.165) is 16.9 Å². The highest BCUT2D eigenvalue weighted by Gasteiger charge is 2.33. The van der Waals surface area contributed by atoms with E-state index in [2.05, 4.69) is 9.97 Å². The van der Waals surface area contributed by atoms with Gasteiger partial charge in [0.1, 0.15) is 11.6 Å². The molecule has 0 saturated carbocycles. The molecule has 110 valence electrons. The predicted octanol–water partition coefficient (Wildman–Crippen LogP) is 3.22. The minimum Gasteiger partial charge on any atom is -0.342 e. The maximum absolute atomic E-state index is 13.4.